The topological polar surface area (TPSA) is 30.5 Å². The molecular formula is C16H25NO2. The fraction of sp³-hybridized carbons (Fsp3) is 0.625. The molecule has 3 heteroatoms. The highest BCUT2D eigenvalue weighted by atomic mass is 16.5. The van der Waals surface area contributed by atoms with Crippen molar-refractivity contribution in [2.75, 3.05) is 20.8 Å². The van der Waals surface area contributed by atoms with E-state index in [1.807, 2.05) is 7.05 Å². The van der Waals surface area contributed by atoms with Gasteiger partial charge >= 0.3 is 0 Å². The Morgan fingerprint density at radius 2 is 2.05 bits per heavy atom. The SMILES string of the molecule is CNC(c1ccc(CCOC)cc1)C1CCC(C)O1. The van der Waals surface area contributed by atoms with Gasteiger partial charge in [0.15, 0.2) is 0 Å². The number of rotatable bonds is 6. The third-order valence-corrected chi connectivity index (χ3v) is 3.88. The summed E-state index contributed by atoms with van der Waals surface area (Å²) >= 11 is 0. The minimum atomic E-state index is 0.293. The minimum absolute atomic E-state index is 0.293. The highest BCUT2D eigenvalue weighted by Crippen LogP contribution is 2.30. The highest BCUT2D eigenvalue weighted by Gasteiger charge is 2.29. The monoisotopic (exact) mass is 263 g/mol. The minimum Gasteiger partial charge on any atom is -0.384 e. The molecule has 3 nitrogen and oxygen atoms in total. The zero-order chi connectivity index (χ0) is 13.7. The predicted molar refractivity (Wildman–Crippen MR) is 77.4 cm³/mol. The summed E-state index contributed by atoms with van der Waals surface area (Å²) in [5.41, 5.74) is 2.63. The fourth-order valence-electron chi connectivity index (χ4n) is 2.76. The van der Waals surface area contributed by atoms with Crippen LogP contribution in [0.25, 0.3) is 0 Å². The van der Waals surface area contributed by atoms with E-state index in [2.05, 4.69) is 36.5 Å². The molecule has 0 radical (unpaired) electrons. The molecule has 2 rings (SSSR count). The molecule has 1 aromatic carbocycles. The second kappa shape index (κ2) is 7.04. The van der Waals surface area contributed by atoms with Crippen LogP contribution in [-0.4, -0.2) is 33.0 Å². The normalized spacial score (nSPS) is 24.6. The molecule has 0 aliphatic carbocycles. The third-order valence-electron chi connectivity index (χ3n) is 3.88. The summed E-state index contributed by atoms with van der Waals surface area (Å²) in [5.74, 6) is 0. The maximum Gasteiger partial charge on any atom is 0.0774 e. The molecule has 1 aromatic rings. The van der Waals surface area contributed by atoms with Crippen LogP contribution in [0.3, 0.4) is 0 Å². The molecule has 106 valence electrons. The quantitative estimate of drug-likeness (QED) is 0.856. The second-order valence-electron chi connectivity index (χ2n) is 5.31. The summed E-state index contributed by atoms with van der Waals surface area (Å²) < 4.78 is 11.1. The van der Waals surface area contributed by atoms with Gasteiger partial charge in [-0.05, 0) is 44.4 Å². The van der Waals surface area contributed by atoms with Crippen LogP contribution >= 0.6 is 0 Å². The average molecular weight is 263 g/mol. The van der Waals surface area contributed by atoms with Crippen LogP contribution in [-0.2, 0) is 15.9 Å². The second-order valence-corrected chi connectivity index (χ2v) is 5.31. The first-order valence-corrected chi connectivity index (χ1v) is 7.15. The van der Waals surface area contributed by atoms with E-state index in [0.717, 1.165) is 25.9 Å². The molecule has 3 atom stereocenters. The van der Waals surface area contributed by atoms with Crippen molar-refractivity contribution in [2.45, 2.75) is 44.4 Å². The van der Waals surface area contributed by atoms with Crippen LogP contribution in [0.1, 0.15) is 36.9 Å². The van der Waals surface area contributed by atoms with Gasteiger partial charge in [0.1, 0.15) is 0 Å². The van der Waals surface area contributed by atoms with Crippen LogP contribution in [0, 0.1) is 0 Å². The molecule has 1 aliphatic rings. The van der Waals surface area contributed by atoms with Crippen LogP contribution < -0.4 is 5.32 Å². The van der Waals surface area contributed by atoms with Gasteiger partial charge in [0, 0.05) is 7.11 Å². The first-order chi connectivity index (χ1) is 9.24. The summed E-state index contributed by atoms with van der Waals surface area (Å²) in [6.45, 7) is 2.93. The van der Waals surface area contributed by atoms with Crippen molar-refractivity contribution in [3.05, 3.63) is 35.4 Å². The first-order valence-electron chi connectivity index (χ1n) is 7.15. The van der Waals surface area contributed by atoms with E-state index in [4.69, 9.17) is 9.47 Å². The van der Waals surface area contributed by atoms with Gasteiger partial charge in [0.05, 0.1) is 24.9 Å². The molecule has 0 saturated carbocycles. The zero-order valence-corrected chi connectivity index (χ0v) is 12.2. The van der Waals surface area contributed by atoms with Crippen LogP contribution in [0.2, 0.25) is 0 Å². The van der Waals surface area contributed by atoms with Gasteiger partial charge < -0.3 is 14.8 Å². The lowest BCUT2D eigenvalue weighted by Crippen LogP contribution is -2.29. The lowest BCUT2D eigenvalue weighted by molar-refractivity contribution is 0.0333. The van der Waals surface area contributed by atoms with Crippen molar-refractivity contribution in [2.24, 2.45) is 0 Å². The standard InChI is InChI=1S/C16H25NO2/c1-12-4-9-15(19-12)16(17-2)14-7-5-13(6-8-14)10-11-18-3/h5-8,12,15-17H,4,9-11H2,1-3H3. The van der Waals surface area contributed by atoms with Crippen molar-refractivity contribution < 1.29 is 9.47 Å². The number of nitrogens with one attached hydrogen (secondary N) is 1. The Kier molecular flexibility index (Phi) is 5.37. The molecular weight excluding hydrogens is 238 g/mol. The molecule has 0 amide bonds. The Bertz CT molecular complexity index is 377. The number of ether oxygens (including phenoxy) is 2. The maximum atomic E-state index is 5.98. The number of hydrogen-bond donors (Lipinski definition) is 1. The molecule has 19 heavy (non-hydrogen) atoms. The van der Waals surface area contributed by atoms with Gasteiger partial charge in [-0.1, -0.05) is 24.3 Å². The number of benzene rings is 1. The van der Waals surface area contributed by atoms with Crippen LogP contribution in [0.5, 0.6) is 0 Å². The molecule has 3 unspecified atom stereocenters. The summed E-state index contributed by atoms with van der Waals surface area (Å²) in [6, 6.07) is 9.09. The molecule has 1 aliphatic heterocycles. The highest BCUT2D eigenvalue weighted by molar-refractivity contribution is 5.26. The van der Waals surface area contributed by atoms with Crippen LogP contribution in [0.15, 0.2) is 24.3 Å². The molecule has 1 heterocycles. The van der Waals surface area contributed by atoms with E-state index in [1.54, 1.807) is 7.11 Å². The van der Waals surface area contributed by atoms with Gasteiger partial charge in [0.25, 0.3) is 0 Å². The summed E-state index contributed by atoms with van der Waals surface area (Å²) in [5, 5.41) is 3.39. The molecule has 0 spiro atoms. The van der Waals surface area contributed by atoms with Crippen molar-refractivity contribution in [3.8, 4) is 0 Å². The van der Waals surface area contributed by atoms with Crippen molar-refractivity contribution in [1.82, 2.24) is 5.32 Å². The largest absolute Gasteiger partial charge is 0.384 e. The fourth-order valence-corrected chi connectivity index (χ4v) is 2.76. The Labute approximate surface area is 116 Å². The smallest absolute Gasteiger partial charge is 0.0774 e. The van der Waals surface area contributed by atoms with Gasteiger partial charge in [-0.25, -0.2) is 0 Å². The van der Waals surface area contributed by atoms with E-state index in [9.17, 15) is 0 Å². The number of methoxy groups -OCH3 is 1. The molecule has 1 fully saturated rings. The molecule has 1 saturated heterocycles. The first kappa shape index (κ1) is 14.5. The average Bonchev–Trinajstić information content (AvgIpc) is 2.85. The zero-order valence-electron chi connectivity index (χ0n) is 12.2. The Hall–Kier alpha value is -0.900. The van der Waals surface area contributed by atoms with Gasteiger partial charge in [0.2, 0.25) is 0 Å². The van der Waals surface area contributed by atoms with Gasteiger partial charge in [-0.2, -0.15) is 0 Å². The van der Waals surface area contributed by atoms with E-state index >= 15 is 0 Å². The number of likely N-dealkylation sites (N-methyl/N-ethyl adjacent to an activating group) is 1. The number of hydrogen-bond acceptors (Lipinski definition) is 3. The molecule has 0 aromatic heterocycles. The van der Waals surface area contributed by atoms with E-state index in [-0.39, 0.29) is 0 Å². The Morgan fingerprint density at radius 1 is 1.32 bits per heavy atom. The Morgan fingerprint density at radius 3 is 2.58 bits per heavy atom. The van der Waals surface area contributed by atoms with Gasteiger partial charge in [-0.15, -0.1) is 0 Å². The van der Waals surface area contributed by atoms with Crippen molar-refractivity contribution >= 4 is 0 Å². The van der Waals surface area contributed by atoms with E-state index < -0.39 is 0 Å². The molecule has 0 bridgehead atoms. The molecule has 1 N–H and O–H groups in total. The Balaban J connectivity index is 2.02. The lowest BCUT2D eigenvalue weighted by Gasteiger charge is -2.23. The predicted octanol–water partition coefficient (Wildman–Crippen LogP) is 2.70. The van der Waals surface area contributed by atoms with Crippen molar-refractivity contribution in [3.63, 3.8) is 0 Å². The van der Waals surface area contributed by atoms with E-state index in [1.165, 1.54) is 11.1 Å². The van der Waals surface area contributed by atoms with Crippen LogP contribution in [0.4, 0.5) is 0 Å². The maximum absolute atomic E-state index is 5.98. The summed E-state index contributed by atoms with van der Waals surface area (Å²) in [7, 11) is 3.75. The summed E-state index contributed by atoms with van der Waals surface area (Å²) in [4.78, 5) is 0. The lowest BCUT2D eigenvalue weighted by atomic mass is 9.98. The summed E-state index contributed by atoms with van der Waals surface area (Å²) in [6.07, 6.45) is 3.96. The van der Waals surface area contributed by atoms with Crippen molar-refractivity contribution in [1.29, 1.82) is 0 Å². The van der Waals surface area contributed by atoms with E-state index in [0.29, 0.717) is 18.2 Å². The third kappa shape index (κ3) is 3.78. The van der Waals surface area contributed by atoms with Gasteiger partial charge in [-0.3, -0.25) is 0 Å².